The molecular formula is C11H10IN5S2. The van der Waals surface area contributed by atoms with Gasteiger partial charge in [0.1, 0.15) is 15.5 Å². The minimum atomic E-state index is 0.416. The van der Waals surface area contributed by atoms with Crippen molar-refractivity contribution < 1.29 is 0 Å². The summed E-state index contributed by atoms with van der Waals surface area (Å²) in [6.07, 6.45) is 7.18. The first-order chi connectivity index (χ1) is 9.19. The Hall–Kier alpha value is -0.920. The molecular weight excluding hydrogens is 393 g/mol. The molecule has 0 unspecified atom stereocenters. The molecule has 0 aliphatic carbocycles. The summed E-state index contributed by atoms with van der Waals surface area (Å²) >= 11 is 5.15. The highest BCUT2D eigenvalue weighted by molar-refractivity contribution is 14.1. The lowest BCUT2D eigenvalue weighted by molar-refractivity contribution is 0.949. The van der Waals surface area contributed by atoms with Gasteiger partial charge in [-0.1, -0.05) is 23.5 Å². The van der Waals surface area contributed by atoms with Gasteiger partial charge in [-0.3, -0.25) is 0 Å². The van der Waals surface area contributed by atoms with Crippen LogP contribution in [0.4, 0.5) is 0 Å². The minimum absolute atomic E-state index is 0.416. The van der Waals surface area contributed by atoms with Crippen molar-refractivity contribution in [2.75, 3.05) is 12.5 Å². The molecule has 2 aromatic heterocycles. The first kappa shape index (κ1) is 16.1. The lowest BCUT2D eigenvalue weighted by Gasteiger charge is -1.91. The smallest absolute Gasteiger partial charge is 0.188 e. The molecule has 98 valence electrons. The van der Waals surface area contributed by atoms with Gasteiger partial charge in [0.25, 0.3) is 0 Å². The second kappa shape index (κ2) is 9.06. The molecule has 0 spiro atoms. The van der Waals surface area contributed by atoms with Crippen LogP contribution < -0.4 is 0 Å². The third kappa shape index (κ3) is 6.17. The lowest BCUT2D eigenvalue weighted by Crippen LogP contribution is -1.87. The molecule has 0 amide bonds. The number of nitriles is 1. The Labute approximate surface area is 133 Å². The topological polar surface area (TPSA) is 75.3 Å². The van der Waals surface area contributed by atoms with Crippen LogP contribution >= 0.6 is 46.1 Å². The van der Waals surface area contributed by atoms with Gasteiger partial charge in [-0.25, -0.2) is 19.9 Å². The summed E-state index contributed by atoms with van der Waals surface area (Å²) in [7, 11) is 0. The first-order valence-corrected chi connectivity index (χ1v) is 8.52. The van der Waals surface area contributed by atoms with Crippen LogP contribution in [-0.4, -0.2) is 32.4 Å². The van der Waals surface area contributed by atoms with Crippen LogP contribution in [0.1, 0.15) is 5.69 Å². The van der Waals surface area contributed by atoms with E-state index in [4.69, 9.17) is 5.26 Å². The number of hydrogen-bond donors (Lipinski definition) is 0. The fourth-order valence-corrected chi connectivity index (χ4v) is 2.18. The third-order valence-corrected chi connectivity index (χ3v) is 3.44. The Bertz CT molecular complexity index is 573. The maximum atomic E-state index is 8.41. The number of rotatable bonds is 2. The fraction of sp³-hybridized carbons (Fsp3) is 0.182. The maximum absolute atomic E-state index is 8.41. The molecule has 0 aliphatic rings. The van der Waals surface area contributed by atoms with Crippen molar-refractivity contribution in [2.24, 2.45) is 0 Å². The summed E-state index contributed by atoms with van der Waals surface area (Å²) in [5.74, 6) is 0. The van der Waals surface area contributed by atoms with Crippen LogP contribution in [0.25, 0.3) is 0 Å². The zero-order valence-corrected chi connectivity index (χ0v) is 14.0. The Kier molecular flexibility index (Phi) is 7.69. The zero-order valence-electron chi connectivity index (χ0n) is 10.2. The van der Waals surface area contributed by atoms with Crippen molar-refractivity contribution in [1.29, 1.82) is 5.26 Å². The molecule has 19 heavy (non-hydrogen) atoms. The highest BCUT2D eigenvalue weighted by atomic mass is 127. The van der Waals surface area contributed by atoms with Crippen LogP contribution in [0.2, 0.25) is 0 Å². The van der Waals surface area contributed by atoms with Gasteiger partial charge >= 0.3 is 0 Å². The van der Waals surface area contributed by atoms with E-state index in [1.165, 1.54) is 11.8 Å². The van der Waals surface area contributed by atoms with E-state index >= 15 is 0 Å². The number of nitrogens with zero attached hydrogens (tertiary/aromatic N) is 5. The monoisotopic (exact) mass is 403 g/mol. The van der Waals surface area contributed by atoms with Crippen LogP contribution in [0.5, 0.6) is 0 Å². The molecule has 0 bridgehead atoms. The van der Waals surface area contributed by atoms with E-state index in [2.05, 4.69) is 42.5 Å². The summed E-state index contributed by atoms with van der Waals surface area (Å²) in [5.41, 5.74) is 0.416. The predicted octanol–water partition coefficient (Wildman–Crippen LogP) is 2.87. The fourth-order valence-electron chi connectivity index (χ4n) is 0.920. The SMILES string of the molecule is CSc1nccc(C#N)n1.CSc1nccc(I)n1. The molecule has 0 N–H and O–H groups in total. The van der Waals surface area contributed by atoms with Crippen molar-refractivity contribution in [3.8, 4) is 6.07 Å². The van der Waals surface area contributed by atoms with Crippen LogP contribution in [-0.2, 0) is 0 Å². The second-order valence-corrected chi connectivity index (χ2v) is 5.56. The molecule has 2 rings (SSSR count). The van der Waals surface area contributed by atoms with Gasteiger partial charge in [-0.2, -0.15) is 5.26 Å². The zero-order chi connectivity index (χ0) is 14.1. The molecule has 0 radical (unpaired) electrons. The second-order valence-electron chi connectivity index (χ2n) is 2.91. The molecule has 0 aromatic carbocycles. The van der Waals surface area contributed by atoms with Crippen molar-refractivity contribution in [3.63, 3.8) is 0 Å². The van der Waals surface area contributed by atoms with E-state index < -0.39 is 0 Å². The molecule has 2 heterocycles. The molecule has 0 saturated heterocycles. The lowest BCUT2D eigenvalue weighted by atomic mass is 10.5. The quantitative estimate of drug-likeness (QED) is 0.330. The number of halogens is 1. The average Bonchev–Trinajstić information content (AvgIpc) is 2.48. The average molecular weight is 403 g/mol. The highest BCUT2D eigenvalue weighted by Crippen LogP contribution is 2.08. The van der Waals surface area contributed by atoms with Crippen LogP contribution in [0.15, 0.2) is 34.8 Å². The van der Waals surface area contributed by atoms with E-state index in [1.54, 1.807) is 30.2 Å². The van der Waals surface area contributed by atoms with Crippen molar-refractivity contribution in [3.05, 3.63) is 33.9 Å². The third-order valence-electron chi connectivity index (χ3n) is 1.71. The molecule has 0 fully saturated rings. The normalized spacial score (nSPS) is 9.16. The van der Waals surface area contributed by atoms with E-state index in [9.17, 15) is 0 Å². The van der Waals surface area contributed by atoms with Gasteiger partial charge < -0.3 is 0 Å². The van der Waals surface area contributed by atoms with Gasteiger partial charge in [0.05, 0.1) is 0 Å². The first-order valence-electron chi connectivity index (χ1n) is 4.99. The van der Waals surface area contributed by atoms with E-state index in [0.29, 0.717) is 10.9 Å². The molecule has 0 aliphatic heterocycles. The number of thioether (sulfide) groups is 2. The van der Waals surface area contributed by atoms with Crippen molar-refractivity contribution >= 4 is 46.1 Å². The predicted molar refractivity (Wildman–Crippen MR) is 85.1 cm³/mol. The Morgan fingerprint density at radius 1 is 1.05 bits per heavy atom. The summed E-state index contributed by atoms with van der Waals surface area (Å²) in [6.45, 7) is 0. The summed E-state index contributed by atoms with van der Waals surface area (Å²) in [5, 5.41) is 9.88. The minimum Gasteiger partial charge on any atom is -0.231 e. The Morgan fingerprint density at radius 3 is 2.11 bits per heavy atom. The van der Waals surface area contributed by atoms with Gasteiger partial charge in [0, 0.05) is 12.4 Å². The standard InChI is InChI=1S/C6H5N3S.C5H5IN2S/c1-10-6-8-3-2-5(4-7)9-6;1-9-5-7-3-2-4(6)8-5/h2-3H,1H3;2-3H,1H3. The molecule has 2 aromatic rings. The molecule has 0 atom stereocenters. The summed E-state index contributed by atoms with van der Waals surface area (Å²) in [6, 6.07) is 5.40. The summed E-state index contributed by atoms with van der Waals surface area (Å²) < 4.78 is 0.993. The van der Waals surface area contributed by atoms with E-state index in [1.807, 2.05) is 24.6 Å². The van der Waals surface area contributed by atoms with Gasteiger partial charge in [-0.05, 0) is 47.2 Å². The van der Waals surface area contributed by atoms with Crippen molar-refractivity contribution in [1.82, 2.24) is 19.9 Å². The summed E-state index contributed by atoms with van der Waals surface area (Å²) in [4.78, 5) is 15.9. The molecule has 0 saturated carbocycles. The van der Waals surface area contributed by atoms with Gasteiger partial charge in [0.15, 0.2) is 10.3 Å². The van der Waals surface area contributed by atoms with Gasteiger partial charge in [0.2, 0.25) is 0 Å². The Balaban J connectivity index is 0.000000191. The maximum Gasteiger partial charge on any atom is 0.188 e. The van der Waals surface area contributed by atoms with Gasteiger partial charge in [-0.15, -0.1) is 0 Å². The van der Waals surface area contributed by atoms with Crippen LogP contribution in [0.3, 0.4) is 0 Å². The highest BCUT2D eigenvalue weighted by Gasteiger charge is 1.93. The number of aromatic nitrogens is 4. The molecule has 8 heteroatoms. The molecule has 5 nitrogen and oxygen atoms in total. The largest absolute Gasteiger partial charge is 0.231 e. The van der Waals surface area contributed by atoms with Crippen molar-refractivity contribution in [2.45, 2.75) is 10.3 Å². The van der Waals surface area contributed by atoms with E-state index in [0.717, 1.165) is 8.86 Å². The van der Waals surface area contributed by atoms with E-state index in [-0.39, 0.29) is 0 Å². The van der Waals surface area contributed by atoms with Crippen LogP contribution in [0, 0.1) is 15.0 Å². The Morgan fingerprint density at radius 2 is 1.63 bits per heavy atom. The number of hydrogen-bond acceptors (Lipinski definition) is 7.